The van der Waals surface area contributed by atoms with Gasteiger partial charge in [0.05, 0.1) is 17.6 Å². The summed E-state index contributed by atoms with van der Waals surface area (Å²) >= 11 is 0. The molecule has 2 aliphatic rings. The summed E-state index contributed by atoms with van der Waals surface area (Å²) in [7, 11) is 0. The maximum atomic E-state index is 14.2. The normalized spacial score (nSPS) is 21.3. The lowest BCUT2D eigenvalue weighted by atomic mass is 9.79. The van der Waals surface area contributed by atoms with E-state index in [1.165, 1.54) is 6.07 Å². The molecule has 1 aliphatic heterocycles. The van der Waals surface area contributed by atoms with E-state index in [2.05, 4.69) is 6.92 Å². The standard InChI is InChI=1S/C27H32FNO6/c1-16(27(32)33)15-34-21-4-3-5-22(12-21)35-17(2)19-8-6-18(7-9-19)13-29-14-20-10-11-23(30)25(28)24(20)26(29)31/h3-5,10-12,16-19,30H,6-9,13-15H2,1-2H3,(H,32,33)/t16-,17?,18?,19?/m0/s1. The predicted molar refractivity (Wildman–Crippen MR) is 127 cm³/mol. The number of ether oxygens (including phenoxy) is 2. The van der Waals surface area contributed by atoms with Crippen molar-refractivity contribution in [3.63, 3.8) is 0 Å². The molecule has 8 heteroatoms. The number of benzene rings is 2. The quantitative estimate of drug-likeness (QED) is 0.527. The Labute approximate surface area is 204 Å². The Hall–Kier alpha value is -3.29. The average molecular weight is 486 g/mol. The number of carboxylic acid groups (broad SMARTS) is 1. The van der Waals surface area contributed by atoms with Crippen LogP contribution in [-0.2, 0) is 11.3 Å². The van der Waals surface area contributed by atoms with Gasteiger partial charge in [-0.1, -0.05) is 12.1 Å². The maximum Gasteiger partial charge on any atom is 0.309 e. The van der Waals surface area contributed by atoms with Crippen LogP contribution in [0.15, 0.2) is 36.4 Å². The molecule has 1 unspecified atom stereocenters. The Kier molecular flexibility index (Phi) is 7.48. The largest absolute Gasteiger partial charge is 0.505 e. The van der Waals surface area contributed by atoms with Crippen LogP contribution >= 0.6 is 0 Å². The van der Waals surface area contributed by atoms with Gasteiger partial charge in [0.15, 0.2) is 11.6 Å². The van der Waals surface area contributed by atoms with Crippen LogP contribution in [0, 0.1) is 23.6 Å². The van der Waals surface area contributed by atoms with Crippen LogP contribution in [-0.4, -0.2) is 46.2 Å². The van der Waals surface area contributed by atoms with E-state index in [1.54, 1.807) is 30.0 Å². The van der Waals surface area contributed by atoms with Crippen LogP contribution in [0.2, 0.25) is 0 Å². The lowest BCUT2D eigenvalue weighted by Gasteiger charge is -2.34. The third kappa shape index (κ3) is 5.69. The van der Waals surface area contributed by atoms with Gasteiger partial charge in [0, 0.05) is 19.2 Å². The van der Waals surface area contributed by atoms with Gasteiger partial charge in [-0.25, -0.2) is 4.39 Å². The number of hydrogen-bond donors (Lipinski definition) is 2. The van der Waals surface area contributed by atoms with Crippen molar-refractivity contribution in [1.29, 1.82) is 0 Å². The van der Waals surface area contributed by atoms with Crippen molar-refractivity contribution in [2.75, 3.05) is 13.2 Å². The number of nitrogens with zero attached hydrogens (tertiary/aromatic N) is 1. The average Bonchev–Trinajstić information content (AvgIpc) is 3.16. The maximum absolute atomic E-state index is 14.2. The zero-order chi connectivity index (χ0) is 25.1. The fourth-order valence-electron chi connectivity index (χ4n) is 4.94. The number of phenols is 1. The zero-order valence-electron chi connectivity index (χ0n) is 20.1. The number of halogens is 1. The summed E-state index contributed by atoms with van der Waals surface area (Å²) in [4.78, 5) is 25.3. The number of carboxylic acids is 1. The number of aliphatic carboxylic acids is 1. The van der Waals surface area contributed by atoms with Gasteiger partial charge < -0.3 is 24.6 Å². The summed E-state index contributed by atoms with van der Waals surface area (Å²) in [5.74, 6) is -1.15. The molecule has 0 aromatic heterocycles. The van der Waals surface area contributed by atoms with Crippen molar-refractivity contribution >= 4 is 11.9 Å². The molecule has 0 radical (unpaired) electrons. The Morgan fingerprint density at radius 2 is 1.86 bits per heavy atom. The molecule has 1 fully saturated rings. The van der Waals surface area contributed by atoms with Gasteiger partial charge in [-0.05, 0) is 75.1 Å². The molecule has 2 aromatic carbocycles. The highest BCUT2D eigenvalue weighted by Crippen LogP contribution is 2.36. The number of aromatic hydroxyl groups is 1. The summed E-state index contributed by atoms with van der Waals surface area (Å²) < 4.78 is 26.0. The van der Waals surface area contributed by atoms with Crippen molar-refractivity contribution in [1.82, 2.24) is 4.90 Å². The van der Waals surface area contributed by atoms with Crippen molar-refractivity contribution in [3.8, 4) is 17.2 Å². The SMILES string of the molecule is CC(Oc1cccc(OC[C@H](C)C(=O)O)c1)C1CCC(CN2Cc3ccc(O)c(F)c3C2=O)CC1. The second-order valence-electron chi connectivity index (χ2n) is 9.75. The van der Waals surface area contributed by atoms with Crippen LogP contribution in [0.3, 0.4) is 0 Å². The highest BCUT2D eigenvalue weighted by Gasteiger charge is 2.34. The molecular weight excluding hydrogens is 453 g/mol. The van der Waals surface area contributed by atoms with Gasteiger partial charge in [-0.15, -0.1) is 0 Å². The minimum atomic E-state index is -0.897. The van der Waals surface area contributed by atoms with E-state index in [4.69, 9.17) is 14.6 Å². The van der Waals surface area contributed by atoms with Gasteiger partial charge in [-0.2, -0.15) is 0 Å². The van der Waals surface area contributed by atoms with Crippen LogP contribution in [0.25, 0.3) is 0 Å². The van der Waals surface area contributed by atoms with Crippen molar-refractivity contribution < 1.29 is 33.7 Å². The number of amides is 1. The lowest BCUT2D eigenvalue weighted by Crippen LogP contribution is -2.34. The molecule has 0 bridgehead atoms. The molecule has 1 aliphatic carbocycles. The molecule has 2 aromatic rings. The molecule has 4 rings (SSSR count). The van der Waals surface area contributed by atoms with Crippen LogP contribution in [0.4, 0.5) is 4.39 Å². The van der Waals surface area contributed by atoms with Gasteiger partial charge in [0.2, 0.25) is 0 Å². The molecule has 188 valence electrons. The molecule has 1 amide bonds. The van der Waals surface area contributed by atoms with E-state index in [0.717, 1.165) is 25.7 Å². The van der Waals surface area contributed by atoms with E-state index >= 15 is 0 Å². The van der Waals surface area contributed by atoms with Crippen molar-refractivity contribution in [2.45, 2.75) is 52.2 Å². The first-order valence-electron chi connectivity index (χ1n) is 12.1. The summed E-state index contributed by atoms with van der Waals surface area (Å²) in [6.07, 6.45) is 3.87. The van der Waals surface area contributed by atoms with E-state index < -0.39 is 23.5 Å². The number of rotatable bonds is 9. The van der Waals surface area contributed by atoms with Crippen molar-refractivity contribution in [2.24, 2.45) is 17.8 Å². The summed E-state index contributed by atoms with van der Waals surface area (Å²) in [6, 6.07) is 10.2. The van der Waals surface area contributed by atoms with Crippen LogP contribution in [0.1, 0.15) is 55.5 Å². The van der Waals surface area contributed by atoms with E-state index in [-0.39, 0.29) is 24.2 Å². The number of fused-ring (bicyclic) bond motifs is 1. The molecule has 0 spiro atoms. The second-order valence-corrected chi connectivity index (χ2v) is 9.75. The van der Waals surface area contributed by atoms with Crippen LogP contribution < -0.4 is 9.47 Å². The Morgan fingerprint density at radius 3 is 2.57 bits per heavy atom. The highest BCUT2D eigenvalue weighted by molar-refractivity contribution is 5.99. The van der Waals surface area contributed by atoms with Crippen LogP contribution in [0.5, 0.6) is 17.2 Å². The highest BCUT2D eigenvalue weighted by atomic mass is 19.1. The number of hydrogen-bond acceptors (Lipinski definition) is 5. The third-order valence-electron chi connectivity index (χ3n) is 7.15. The van der Waals surface area contributed by atoms with E-state index in [0.29, 0.717) is 42.0 Å². The Morgan fingerprint density at radius 1 is 1.14 bits per heavy atom. The molecule has 2 atom stereocenters. The van der Waals surface area contributed by atoms with E-state index in [1.807, 2.05) is 12.1 Å². The molecular formula is C27H32FNO6. The Bertz CT molecular complexity index is 1080. The summed E-state index contributed by atoms with van der Waals surface area (Å²) in [6.45, 7) is 4.72. The topological polar surface area (TPSA) is 96.3 Å². The second kappa shape index (κ2) is 10.5. The summed E-state index contributed by atoms with van der Waals surface area (Å²) in [5.41, 5.74) is 0.633. The third-order valence-corrected chi connectivity index (χ3v) is 7.15. The van der Waals surface area contributed by atoms with Gasteiger partial charge in [0.1, 0.15) is 18.1 Å². The molecule has 1 saturated carbocycles. The fraction of sp³-hybridized carbons (Fsp3) is 0.481. The van der Waals surface area contributed by atoms with Crippen molar-refractivity contribution in [3.05, 3.63) is 53.3 Å². The van der Waals surface area contributed by atoms with Gasteiger partial charge in [-0.3, -0.25) is 9.59 Å². The first-order chi connectivity index (χ1) is 16.7. The molecule has 7 nitrogen and oxygen atoms in total. The first kappa shape index (κ1) is 24.8. The first-order valence-corrected chi connectivity index (χ1v) is 12.1. The molecule has 0 saturated heterocycles. The number of phenolic OH excluding ortho intramolecular Hbond substituents is 1. The molecule has 35 heavy (non-hydrogen) atoms. The smallest absolute Gasteiger partial charge is 0.309 e. The van der Waals surface area contributed by atoms with E-state index in [9.17, 15) is 19.1 Å². The minimum Gasteiger partial charge on any atom is -0.505 e. The summed E-state index contributed by atoms with van der Waals surface area (Å²) in [5, 5.41) is 18.6. The lowest BCUT2D eigenvalue weighted by molar-refractivity contribution is -0.142. The van der Waals surface area contributed by atoms with Gasteiger partial charge in [0.25, 0.3) is 5.91 Å². The fourth-order valence-corrected chi connectivity index (χ4v) is 4.94. The Balaban J connectivity index is 1.26. The number of carbonyl (C=O) groups excluding carboxylic acids is 1. The van der Waals surface area contributed by atoms with Gasteiger partial charge >= 0.3 is 5.97 Å². The number of carbonyl (C=O) groups is 2. The minimum absolute atomic E-state index is 0.00103. The zero-order valence-corrected chi connectivity index (χ0v) is 20.1. The predicted octanol–water partition coefficient (Wildman–Crippen LogP) is 4.86. The monoisotopic (exact) mass is 485 g/mol. The molecule has 1 heterocycles. The molecule has 2 N–H and O–H groups in total.